The number of alkyl halides is 1. The van der Waals surface area contributed by atoms with Gasteiger partial charge in [0.05, 0.1) is 6.10 Å². The number of rotatable bonds is 5. The summed E-state index contributed by atoms with van der Waals surface area (Å²) >= 11 is 5.92. The van der Waals surface area contributed by atoms with Crippen molar-refractivity contribution in [1.82, 2.24) is 9.97 Å². The van der Waals surface area contributed by atoms with E-state index in [2.05, 4.69) is 9.97 Å². The van der Waals surface area contributed by atoms with Gasteiger partial charge in [0, 0.05) is 31.2 Å². The molecule has 16 heavy (non-hydrogen) atoms. The largest absolute Gasteiger partial charge is 0.475 e. The van der Waals surface area contributed by atoms with Crippen LogP contribution in [0.1, 0.15) is 20.8 Å². The molecule has 0 N–H and O–H groups in total. The van der Waals surface area contributed by atoms with Crippen molar-refractivity contribution in [1.29, 1.82) is 0 Å². The first-order valence-electron chi connectivity index (χ1n) is 5.34. The maximum Gasteiger partial charge on any atom is 0.228 e. The smallest absolute Gasteiger partial charge is 0.228 e. The summed E-state index contributed by atoms with van der Waals surface area (Å²) < 4.78 is 5.50. The molecule has 0 spiro atoms. The highest BCUT2D eigenvalue weighted by Gasteiger charge is 2.09. The Morgan fingerprint density at radius 3 is 2.69 bits per heavy atom. The van der Waals surface area contributed by atoms with Crippen LogP contribution in [0.2, 0.25) is 0 Å². The van der Waals surface area contributed by atoms with E-state index in [-0.39, 0.29) is 11.5 Å². The van der Waals surface area contributed by atoms with Crippen LogP contribution < -0.4 is 9.64 Å². The van der Waals surface area contributed by atoms with Crippen molar-refractivity contribution in [2.75, 3.05) is 18.5 Å². The molecule has 1 unspecified atom stereocenters. The van der Waals surface area contributed by atoms with Crippen LogP contribution in [-0.4, -0.2) is 35.0 Å². The molecule has 0 fully saturated rings. The third-order valence-corrected chi connectivity index (χ3v) is 1.98. The monoisotopic (exact) mass is 243 g/mol. The second-order valence-electron chi connectivity index (χ2n) is 4.02. The average molecular weight is 244 g/mol. The van der Waals surface area contributed by atoms with Crippen LogP contribution in [0.5, 0.6) is 5.88 Å². The molecular weight excluding hydrogens is 226 g/mol. The van der Waals surface area contributed by atoms with Gasteiger partial charge in [-0.2, -0.15) is 4.98 Å². The highest BCUT2D eigenvalue weighted by molar-refractivity contribution is 6.20. The highest BCUT2D eigenvalue weighted by Crippen LogP contribution is 2.13. The number of ether oxygens (including phenoxy) is 1. The predicted molar refractivity (Wildman–Crippen MR) is 66.4 cm³/mol. The molecule has 1 atom stereocenters. The van der Waals surface area contributed by atoms with E-state index >= 15 is 0 Å². The predicted octanol–water partition coefficient (Wildman–Crippen LogP) is 2.33. The third kappa shape index (κ3) is 4.23. The Kier molecular flexibility index (Phi) is 4.80. The van der Waals surface area contributed by atoms with Gasteiger partial charge in [0.2, 0.25) is 11.8 Å². The van der Waals surface area contributed by atoms with Gasteiger partial charge in [-0.1, -0.05) is 0 Å². The van der Waals surface area contributed by atoms with Gasteiger partial charge in [0.25, 0.3) is 0 Å². The molecule has 0 radical (unpaired) electrons. The molecule has 0 aliphatic heterocycles. The normalized spacial score (nSPS) is 12.6. The lowest BCUT2D eigenvalue weighted by Crippen LogP contribution is -2.26. The molecule has 90 valence electrons. The van der Waals surface area contributed by atoms with E-state index in [1.807, 2.05) is 32.7 Å². The number of halogens is 1. The number of hydrogen-bond donors (Lipinski definition) is 0. The molecule has 1 heterocycles. The molecule has 5 heteroatoms. The minimum Gasteiger partial charge on any atom is -0.475 e. The van der Waals surface area contributed by atoms with E-state index in [4.69, 9.17) is 16.3 Å². The Morgan fingerprint density at radius 1 is 1.44 bits per heavy atom. The topological polar surface area (TPSA) is 38.2 Å². The van der Waals surface area contributed by atoms with Crippen molar-refractivity contribution in [3.63, 3.8) is 0 Å². The van der Waals surface area contributed by atoms with Gasteiger partial charge >= 0.3 is 0 Å². The zero-order chi connectivity index (χ0) is 12.1. The Labute approximate surface area is 102 Å². The summed E-state index contributed by atoms with van der Waals surface area (Å²) in [5, 5.41) is 0.0586. The molecule has 0 aliphatic carbocycles. The summed E-state index contributed by atoms with van der Waals surface area (Å²) in [7, 11) is 1.91. The first-order chi connectivity index (χ1) is 7.49. The van der Waals surface area contributed by atoms with Crippen LogP contribution in [0.15, 0.2) is 12.3 Å². The van der Waals surface area contributed by atoms with Crippen LogP contribution in [0.25, 0.3) is 0 Å². The number of anilines is 1. The average Bonchev–Trinajstić information content (AvgIpc) is 2.16. The fourth-order valence-corrected chi connectivity index (χ4v) is 1.49. The molecule has 1 aromatic rings. The van der Waals surface area contributed by atoms with Crippen LogP contribution in [0, 0.1) is 0 Å². The summed E-state index contributed by atoms with van der Waals surface area (Å²) in [5.74, 6) is 1.22. The van der Waals surface area contributed by atoms with Gasteiger partial charge in [0.15, 0.2) is 0 Å². The Bertz CT molecular complexity index is 331. The summed E-state index contributed by atoms with van der Waals surface area (Å²) in [6.07, 6.45) is 1.80. The summed E-state index contributed by atoms with van der Waals surface area (Å²) in [6.45, 7) is 6.57. The fraction of sp³-hybridized carbons (Fsp3) is 0.636. The van der Waals surface area contributed by atoms with Gasteiger partial charge in [-0.05, 0) is 20.8 Å². The first kappa shape index (κ1) is 13.0. The van der Waals surface area contributed by atoms with Crippen molar-refractivity contribution < 1.29 is 4.74 Å². The quantitative estimate of drug-likeness (QED) is 0.744. The van der Waals surface area contributed by atoms with E-state index in [1.54, 1.807) is 12.3 Å². The highest BCUT2D eigenvalue weighted by atomic mass is 35.5. The van der Waals surface area contributed by atoms with E-state index < -0.39 is 0 Å². The lowest BCUT2D eigenvalue weighted by molar-refractivity contribution is 0.232. The Balaban J connectivity index is 2.73. The summed E-state index contributed by atoms with van der Waals surface area (Å²) in [6, 6.07) is 1.75. The minimum absolute atomic E-state index is 0.0586. The molecule has 4 nitrogen and oxygen atoms in total. The van der Waals surface area contributed by atoms with Crippen molar-refractivity contribution in [2.24, 2.45) is 0 Å². The van der Waals surface area contributed by atoms with Crippen LogP contribution in [0.4, 0.5) is 5.95 Å². The van der Waals surface area contributed by atoms with E-state index in [9.17, 15) is 0 Å². The number of hydrogen-bond acceptors (Lipinski definition) is 4. The standard InChI is InChI=1S/C11H18ClN3O/c1-8(2)16-10-5-6-13-11(14-10)15(4)7-9(3)12/h5-6,8-9H,7H2,1-4H3. The van der Waals surface area contributed by atoms with Crippen molar-refractivity contribution in [3.8, 4) is 5.88 Å². The molecular formula is C11H18ClN3O. The Morgan fingerprint density at radius 2 is 2.12 bits per heavy atom. The van der Waals surface area contributed by atoms with Gasteiger partial charge in [-0.25, -0.2) is 4.98 Å². The van der Waals surface area contributed by atoms with Gasteiger partial charge < -0.3 is 9.64 Å². The number of aromatic nitrogens is 2. The second kappa shape index (κ2) is 5.89. The molecule has 0 saturated heterocycles. The van der Waals surface area contributed by atoms with Crippen molar-refractivity contribution in [2.45, 2.75) is 32.3 Å². The van der Waals surface area contributed by atoms with Crippen molar-refractivity contribution >= 4 is 17.5 Å². The third-order valence-electron chi connectivity index (χ3n) is 1.84. The SMILES string of the molecule is CC(Cl)CN(C)c1nccc(OC(C)C)n1. The molecule has 0 amide bonds. The minimum atomic E-state index is 0.0586. The molecule has 0 bridgehead atoms. The molecule has 1 rings (SSSR count). The molecule has 1 aromatic heterocycles. The second-order valence-corrected chi connectivity index (χ2v) is 4.77. The maximum atomic E-state index is 5.92. The summed E-state index contributed by atoms with van der Waals surface area (Å²) in [4.78, 5) is 10.4. The van der Waals surface area contributed by atoms with E-state index in [0.717, 1.165) is 0 Å². The maximum absolute atomic E-state index is 5.92. The van der Waals surface area contributed by atoms with E-state index in [1.165, 1.54) is 0 Å². The van der Waals surface area contributed by atoms with E-state index in [0.29, 0.717) is 18.4 Å². The van der Waals surface area contributed by atoms with Crippen molar-refractivity contribution in [3.05, 3.63) is 12.3 Å². The lowest BCUT2D eigenvalue weighted by Gasteiger charge is -2.18. The zero-order valence-corrected chi connectivity index (χ0v) is 10.9. The van der Waals surface area contributed by atoms with Crippen LogP contribution in [-0.2, 0) is 0 Å². The van der Waals surface area contributed by atoms with Gasteiger partial charge in [0.1, 0.15) is 0 Å². The van der Waals surface area contributed by atoms with Gasteiger partial charge in [-0.15, -0.1) is 11.6 Å². The molecule has 0 aromatic carbocycles. The van der Waals surface area contributed by atoms with Gasteiger partial charge in [-0.3, -0.25) is 0 Å². The molecule has 0 saturated carbocycles. The number of nitrogens with zero attached hydrogens (tertiary/aromatic N) is 3. The zero-order valence-electron chi connectivity index (χ0n) is 10.1. The molecule has 0 aliphatic rings. The first-order valence-corrected chi connectivity index (χ1v) is 5.77. The summed E-state index contributed by atoms with van der Waals surface area (Å²) in [5.41, 5.74) is 0. The lowest BCUT2D eigenvalue weighted by atomic mass is 10.4. The van der Waals surface area contributed by atoms with Crippen LogP contribution >= 0.6 is 11.6 Å². The fourth-order valence-electron chi connectivity index (χ4n) is 1.28. The Hall–Kier alpha value is -1.03. The van der Waals surface area contributed by atoms with Crippen LogP contribution in [0.3, 0.4) is 0 Å².